The van der Waals surface area contributed by atoms with Crippen molar-refractivity contribution in [2.75, 3.05) is 11.9 Å². The number of anilines is 2. The number of hydrogen-bond acceptors (Lipinski definition) is 6. The first-order valence-electron chi connectivity index (χ1n) is 11.3. The van der Waals surface area contributed by atoms with Crippen molar-refractivity contribution >= 4 is 23.1 Å². The van der Waals surface area contributed by atoms with Gasteiger partial charge in [0.05, 0.1) is 23.6 Å². The molecule has 2 N–H and O–H groups in total. The molecule has 0 aliphatic rings. The average Bonchev–Trinajstić information content (AvgIpc) is 3.19. The minimum atomic E-state index is -0.592. The maximum absolute atomic E-state index is 14.9. The van der Waals surface area contributed by atoms with E-state index in [2.05, 4.69) is 10.5 Å². The predicted octanol–water partition coefficient (Wildman–Crippen LogP) is 6.63. The van der Waals surface area contributed by atoms with Gasteiger partial charge in [-0.15, -0.1) is 0 Å². The molecule has 7 heteroatoms. The van der Waals surface area contributed by atoms with Crippen LogP contribution in [0.4, 0.5) is 15.8 Å². The van der Waals surface area contributed by atoms with Crippen molar-refractivity contribution in [2.24, 2.45) is 0 Å². The second-order valence-corrected chi connectivity index (χ2v) is 8.14. The summed E-state index contributed by atoms with van der Waals surface area (Å²) in [7, 11) is 0. The molecule has 0 fully saturated rings. The molecule has 4 rings (SSSR count). The van der Waals surface area contributed by atoms with Crippen LogP contribution < -0.4 is 5.32 Å². The van der Waals surface area contributed by atoms with E-state index in [0.29, 0.717) is 29.1 Å². The normalized spacial score (nSPS) is 10.7. The van der Waals surface area contributed by atoms with Crippen LogP contribution in [-0.2, 0) is 11.2 Å². The lowest BCUT2D eigenvalue weighted by Gasteiger charge is -2.16. The van der Waals surface area contributed by atoms with Crippen molar-refractivity contribution in [1.29, 1.82) is 5.41 Å². The molecule has 1 heterocycles. The highest BCUT2D eigenvalue weighted by Crippen LogP contribution is 2.32. The van der Waals surface area contributed by atoms with Crippen LogP contribution in [0.3, 0.4) is 0 Å². The van der Waals surface area contributed by atoms with Crippen LogP contribution in [0.2, 0.25) is 0 Å². The van der Waals surface area contributed by atoms with Crippen molar-refractivity contribution in [3.05, 3.63) is 101 Å². The molecule has 0 spiro atoms. The van der Waals surface area contributed by atoms with E-state index in [4.69, 9.17) is 14.7 Å². The molecule has 0 saturated carbocycles. The number of halogens is 1. The molecule has 1 aromatic heterocycles. The molecular formula is C28H26FN3O3. The highest BCUT2D eigenvalue weighted by Gasteiger charge is 2.17. The molecule has 0 aliphatic heterocycles. The van der Waals surface area contributed by atoms with Crippen LogP contribution in [0.1, 0.15) is 39.9 Å². The Hall–Kier alpha value is -4.26. The Morgan fingerprint density at radius 3 is 2.46 bits per heavy atom. The molecule has 0 unspecified atom stereocenters. The standard InChI is InChI=1S/C28H26FN3O3/c1-4-34-28(33)21-11-13-26(23(29)16-21)31-25-12-10-20(27-17(2)32-35-18(27)3)15-22(25)24(30)14-19-8-6-5-7-9-19/h5-13,15-16,30-31H,4,14H2,1-3H3. The number of aryl methyl sites for hydroxylation is 2. The number of rotatable bonds is 8. The molecule has 0 saturated heterocycles. The summed E-state index contributed by atoms with van der Waals surface area (Å²) >= 11 is 0. The van der Waals surface area contributed by atoms with Gasteiger partial charge in [-0.2, -0.15) is 0 Å². The molecule has 0 radical (unpaired) electrons. The Labute approximate surface area is 203 Å². The van der Waals surface area contributed by atoms with Crippen molar-refractivity contribution in [3.63, 3.8) is 0 Å². The number of carbonyl (C=O) groups is 1. The number of ether oxygens (including phenoxy) is 1. The second kappa shape index (κ2) is 10.3. The number of hydrogen-bond donors (Lipinski definition) is 2. The fourth-order valence-electron chi connectivity index (χ4n) is 3.95. The second-order valence-electron chi connectivity index (χ2n) is 8.14. The van der Waals surface area contributed by atoms with Crippen LogP contribution in [0.5, 0.6) is 0 Å². The maximum Gasteiger partial charge on any atom is 0.338 e. The Bertz CT molecular complexity index is 1360. The lowest BCUT2D eigenvalue weighted by atomic mass is 9.95. The summed E-state index contributed by atoms with van der Waals surface area (Å²) in [6, 6.07) is 19.5. The fraction of sp³-hybridized carbons (Fsp3) is 0.179. The van der Waals surface area contributed by atoms with Crippen LogP contribution in [0, 0.1) is 25.1 Å². The highest BCUT2D eigenvalue weighted by molar-refractivity contribution is 6.06. The number of carbonyl (C=O) groups excluding carboxylic acids is 1. The van der Waals surface area contributed by atoms with Gasteiger partial charge in [-0.1, -0.05) is 41.6 Å². The smallest absolute Gasteiger partial charge is 0.338 e. The van der Waals surface area contributed by atoms with E-state index in [1.165, 1.54) is 12.1 Å². The monoisotopic (exact) mass is 471 g/mol. The van der Waals surface area contributed by atoms with Gasteiger partial charge in [0.1, 0.15) is 11.6 Å². The van der Waals surface area contributed by atoms with Crippen molar-refractivity contribution in [2.45, 2.75) is 27.2 Å². The first-order valence-corrected chi connectivity index (χ1v) is 11.3. The van der Waals surface area contributed by atoms with E-state index >= 15 is 0 Å². The van der Waals surface area contributed by atoms with Crippen LogP contribution >= 0.6 is 0 Å². The molecule has 35 heavy (non-hydrogen) atoms. The van der Waals surface area contributed by atoms with Gasteiger partial charge in [0.2, 0.25) is 0 Å². The Balaban J connectivity index is 1.72. The lowest BCUT2D eigenvalue weighted by molar-refractivity contribution is 0.0526. The van der Waals surface area contributed by atoms with E-state index in [9.17, 15) is 9.18 Å². The van der Waals surface area contributed by atoms with Gasteiger partial charge in [-0.3, -0.25) is 0 Å². The lowest BCUT2D eigenvalue weighted by Crippen LogP contribution is -2.09. The number of esters is 1. The maximum atomic E-state index is 14.9. The van der Waals surface area contributed by atoms with Crippen molar-refractivity contribution in [1.82, 2.24) is 5.16 Å². The summed E-state index contributed by atoms with van der Waals surface area (Å²) in [4.78, 5) is 11.9. The van der Waals surface area contributed by atoms with E-state index in [1.54, 1.807) is 6.92 Å². The molecule has 0 amide bonds. The van der Waals surface area contributed by atoms with E-state index in [1.807, 2.05) is 62.4 Å². The van der Waals surface area contributed by atoms with Crippen LogP contribution in [0.15, 0.2) is 71.3 Å². The zero-order chi connectivity index (χ0) is 24.9. The zero-order valence-electron chi connectivity index (χ0n) is 19.8. The fourth-order valence-corrected chi connectivity index (χ4v) is 3.95. The van der Waals surface area contributed by atoms with Crippen LogP contribution in [-0.4, -0.2) is 23.4 Å². The molecule has 178 valence electrons. The third-order valence-electron chi connectivity index (χ3n) is 5.64. The largest absolute Gasteiger partial charge is 0.462 e. The Kier molecular flexibility index (Phi) is 7.06. The molecule has 0 aliphatic carbocycles. The average molecular weight is 472 g/mol. The minimum Gasteiger partial charge on any atom is -0.462 e. The number of aromatic nitrogens is 1. The SMILES string of the molecule is CCOC(=O)c1ccc(Nc2ccc(-c3c(C)noc3C)cc2C(=N)Cc2ccccc2)c(F)c1. The van der Waals surface area contributed by atoms with Gasteiger partial charge >= 0.3 is 5.97 Å². The third kappa shape index (κ3) is 5.30. The van der Waals surface area contributed by atoms with E-state index in [-0.39, 0.29) is 17.9 Å². The highest BCUT2D eigenvalue weighted by atomic mass is 19.1. The number of nitrogens with zero attached hydrogens (tertiary/aromatic N) is 1. The Morgan fingerprint density at radius 1 is 1.06 bits per heavy atom. The molecule has 6 nitrogen and oxygen atoms in total. The summed E-state index contributed by atoms with van der Waals surface area (Å²) in [6.45, 7) is 5.62. The van der Waals surface area contributed by atoms with Gasteiger partial charge < -0.3 is 20.0 Å². The quantitative estimate of drug-likeness (QED) is 0.222. The van der Waals surface area contributed by atoms with Gasteiger partial charge in [0.15, 0.2) is 0 Å². The summed E-state index contributed by atoms with van der Waals surface area (Å²) < 4.78 is 25.2. The van der Waals surface area contributed by atoms with Gasteiger partial charge in [-0.05, 0) is 62.2 Å². The Morgan fingerprint density at radius 2 is 1.80 bits per heavy atom. The third-order valence-corrected chi connectivity index (χ3v) is 5.64. The molecule has 4 aromatic rings. The summed E-state index contributed by atoms with van der Waals surface area (Å²) in [6.07, 6.45) is 0.408. The number of benzene rings is 3. The molecule has 3 aromatic carbocycles. The van der Waals surface area contributed by atoms with E-state index in [0.717, 1.165) is 28.5 Å². The number of nitrogens with one attached hydrogen (secondary N) is 2. The predicted molar refractivity (Wildman–Crippen MR) is 134 cm³/mol. The van der Waals surface area contributed by atoms with Crippen molar-refractivity contribution < 1.29 is 18.4 Å². The van der Waals surface area contributed by atoms with Crippen molar-refractivity contribution in [3.8, 4) is 11.1 Å². The molecule has 0 bridgehead atoms. The first kappa shape index (κ1) is 23.9. The minimum absolute atomic E-state index is 0.140. The first-order chi connectivity index (χ1) is 16.9. The van der Waals surface area contributed by atoms with Gasteiger partial charge in [0.25, 0.3) is 0 Å². The molecule has 0 atom stereocenters. The zero-order valence-corrected chi connectivity index (χ0v) is 19.8. The van der Waals surface area contributed by atoms with Gasteiger partial charge in [-0.25, -0.2) is 9.18 Å². The summed E-state index contributed by atoms with van der Waals surface area (Å²) in [5, 5.41) is 16.0. The van der Waals surface area contributed by atoms with Gasteiger partial charge in [0, 0.05) is 28.9 Å². The summed E-state index contributed by atoms with van der Waals surface area (Å²) in [5.74, 6) is -0.484. The van der Waals surface area contributed by atoms with Crippen LogP contribution in [0.25, 0.3) is 11.1 Å². The topological polar surface area (TPSA) is 88.2 Å². The van der Waals surface area contributed by atoms with E-state index < -0.39 is 11.8 Å². The molecular weight excluding hydrogens is 445 g/mol. The summed E-state index contributed by atoms with van der Waals surface area (Å²) in [5.41, 5.74) is 5.38.